The Hall–Kier alpha value is -3.67. The fourth-order valence-electron chi connectivity index (χ4n) is 6.20. The number of aromatic nitrogens is 1. The molecule has 0 saturated carbocycles. The molecule has 0 aliphatic carbocycles. The van der Waals surface area contributed by atoms with Crippen LogP contribution in [0.5, 0.6) is 5.75 Å². The molecule has 1 unspecified atom stereocenters. The Morgan fingerprint density at radius 3 is 2.51 bits per heavy atom. The lowest BCUT2D eigenvalue weighted by Crippen LogP contribution is -2.55. The summed E-state index contributed by atoms with van der Waals surface area (Å²) >= 11 is 0. The molecule has 2 aliphatic rings. The lowest BCUT2D eigenvalue weighted by Gasteiger charge is -2.45. The number of hydrogen-bond acceptors (Lipinski definition) is 6. The molecule has 1 aromatic heterocycles. The summed E-state index contributed by atoms with van der Waals surface area (Å²) in [5.41, 5.74) is -2.24. The van der Waals surface area contributed by atoms with Gasteiger partial charge < -0.3 is 24.7 Å². The third-order valence-corrected chi connectivity index (χ3v) is 8.38. The normalized spacial score (nSPS) is 20.5. The van der Waals surface area contributed by atoms with Crippen LogP contribution >= 0.6 is 0 Å². The number of alkyl halides is 3. The van der Waals surface area contributed by atoms with Crippen molar-refractivity contribution >= 4 is 17.8 Å². The van der Waals surface area contributed by atoms with E-state index < -0.39 is 46.7 Å². The van der Waals surface area contributed by atoms with Crippen LogP contribution in [0.15, 0.2) is 42.7 Å². The van der Waals surface area contributed by atoms with Gasteiger partial charge in [0.05, 0.1) is 29.3 Å². The molecule has 2 atom stereocenters. The van der Waals surface area contributed by atoms with E-state index in [1.165, 1.54) is 4.90 Å². The monoisotopic (exact) mass is 605 g/mol. The summed E-state index contributed by atoms with van der Waals surface area (Å²) in [7, 11) is 0. The maximum atomic E-state index is 13.9. The molecular formula is C31H38F3N3O6. The van der Waals surface area contributed by atoms with Gasteiger partial charge in [-0.3, -0.25) is 19.4 Å². The van der Waals surface area contributed by atoms with Gasteiger partial charge in [0, 0.05) is 50.1 Å². The highest BCUT2D eigenvalue weighted by atomic mass is 19.4. The van der Waals surface area contributed by atoms with E-state index in [1.807, 2.05) is 6.92 Å². The smallest absolute Gasteiger partial charge is 0.417 e. The summed E-state index contributed by atoms with van der Waals surface area (Å²) in [6.07, 6.45) is 0.112. The second-order valence-corrected chi connectivity index (χ2v) is 11.2. The summed E-state index contributed by atoms with van der Waals surface area (Å²) in [5, 5.41) is 20.4. The summed E-state index contributed by atoms with van der Waals surface area (Å²) in [5.74, 6) is -1.96. The number of nitrogens with zero attached hydrogens (tertiary/aromatic N) is 3. The quantitative estimate of drug-likeness (QED) is 0.371. The molecule has 4 rings (SSSR count). The zero-order chi connectivity index (χ0) is 31.2. The molecule has 0 bridgehead atoms. The van der Waals surface area contributed by atoms with Crippen LogP contribution in [0.3, 0.4) is 0 Å². The number of carboxylic acids is 1. The number of aliphatic hydroxyl groups is 1. The number of carbonyl (C=O) groups excluding carboxylic acids is 2. The highest BCUT2D eigenvalue weighted by Gasteiger charge is 2.44. The Labute approximate surface area is 248 Å². The van der Waals surface area contributed by atoms with Crippen LogP contribution in [0.25, 0.3) is 0 Å². The van der Waals surface area contributed by atoms with Crippen molar-refractivity contribution in [2.45, 2.75) is 76.1 Å². The molecule has 234 valence electrons. The van der Waals surface area contributed by atoms with Crippen LogP contribution in [0, 0.1) is 5.92 Å². The van der Waals surface area contributed by atoms with E-state index in [1.54, 1.807) is 29.2 Å². The minimum absolute atomic E-state index is 0.0293. The van der Waals surface area contributed by atoms with Gasteiger partial charge in [0.2, 0.25) is 5.91 Å². The molecule has 2 fully saturated rings. The Bertz CT molecular complexity index is 1300. The van der Waals surface area contributed by atoms with Crippen molar-refractivity contribution < 1.29 is 42.5 Å². The largest absolute Gasteiger partial charge is 0.493 e. The topological polar surface area (TPSA) is 120 Å². The fourth-order valence-corrected chi connectivity index (χ4v) is 6.20. The number of aliphatic carboxylic acids is 1. The van der Waals surface area contributed by atoms with E-state index in [-0.39, 0.29) is 51.4 Å². The number of hydrogen-bond donors (Lipinski definition) is 2. The first-order valence-corrected chi connectivity index (χ1v) is 14.7. The summed E-state index contributed by atoms with van der Waals surface area (Å²) in [6.45, 7) is 2.86. The van der Waals surface area contributed by atoms with Crippen molar-refractivity contribution in [1.29, 1.82) is 0 Å². The minimum atomic E-state index is -4.72. The first-order chi connectivity index (χ1) is 20.5. The zero-order valence-electron chi connectivity index (χ0n) is 24.2. The predicted molar refractivity (Wildman–Crippen MR) is 150 cm³/mol. The first kappa shape index (κ1) is 32.2. The average molecular weight is 606 g/mol. The molecule has 12 heteroatoms. The Kier molecular flexibility index (Phi) is 10.3. The van der Waals surface area contributed by atoms with Gasteiger partial charge >= 0.3 is 12.1 Å². The number of piperidine rings is 2. The second-order valence-electron chi connectivity index (χ2n) is 11.2. The standard InChI is InChI=1S/C31H38F3N3O6/c1-2-7-25-21(8-5-16-37(25)29(41)22-20-35-15-12-23(22)31(32,33)34)28(40)36-17-13-30(42,14-18-36)24-9-3-4-10-26(24)43-19-6-11-27(38)39/h3-4,9-10,12,15,20-21,25,42H,2,5-8,11,13-14,16-19H2,1H3,(H,38,39)/t21?,25-/m1/s1. The molecule has 2 amide bonds. The van der Waals surface area contributed by atoms with Crippen LogP contribution < -0.4 is 4.74 Å². The molecule has 9 nitrogen and oxygen atoms in total. The van der Waals surface area contributed by atoms with Crippen LogP contribution in [0.2, 0.25) is 0 Å². The molecule has 3 heterocycles. The van der Waals surface area contributed by atoms with E-state index in [2.05, 4.69) is 4.98 Å². The number of benzene rings is 1. The highest BCUT2D eigenvalue weighted by Crippen LogP contribution is 2.40. The number of carbonyl (C=O) groups is 3. The molecule has 2 N–H and O–H groups in total. The molecule has 0 radical (unpaired) electrons. The number of carboxylic acid groups (broad SMARTS) is 1. The Balaban J connectivity index is 1.47. The second kappa shape index (κ2) is 13.7. The van der Waals surface area contributed by atoms with E-state index in [0.29, 0.717) is 43.4 Å². The molecular weight excluding hydrogens is 567 g/mol. The Morgan fingerprint density at radius 2 is 1.84 bits per heavy atom. The molecule has 2 aromatic rings. The van der Waals surface area contributed by atoms with E-state index >= 15 is 0 Å². The van der Waals surface area contributed by atoms with Crippen molar-refractivity contribution in [2.75, 3.05) is 26.2 Å². The Morgan fingerprint density at radius 1 is 1.12 bits per heavy atom. The van der Waals surface area contributed by atoms with Crippen molar-refractivity contribution in [1.82, 2.24) is 14.8 Å². The van der Waals surface area contributed by atoms with Crippen molar-refractivity contribution in [3.63, 3.8) is 0 Å². The van der Waals surface area contributed by atoms with E-state index in [9.17, 15) is 32.7 Å². The number of para-hydroxylation sites is 1. The first-order valence-electron chi connectivity index (χ1n) is 14.7. The van der Waals surface area contributed by atoms with Gasteiger partial charge in [-0.1, -0.05) is 31.5 Å². The van der Waals surface area contributed by atoms with Gasteiger partial charge in [0.25, 0.3) is 5.91 Å². The fraction of sp³-hybridized carbons (Fsp3) is 0.548. The summed E-state index contributed by atoms with van der Waals surface area (Å²) < 4.78 is 46.8. The SMILES string of the molecule is CCC[C@@H]1C(C(=O)N2CCC(O)(c3ccccc3OCCCC(=O)O)CC2)CCCN1C(=O)c1cnccc1C(F)(F)F. The lowest BCUT2D eigenvalue weighted by atomic mass is 9.81. The highest BCUT2D eigenvalue weighted by molar-refractivity contribution is 5.96. The number of likely N-dealkylation sites (tertiary alicyclic amines) is 2. The molecule has 2 aliphatic heterocycles. The third kappa shape index (κ3) is 7.46. The number of rotatable bonds is 10. The maximum absolute atomic E-state index is 13.9. The zero-order valence-corrected chi connectivity index (χ0v) is 24.2. The van der Waals surface area contributed by atoms with Gasteiger partial charge in [0.15, 0.2) is 0 Å². The van der Waals surface area contributed by atoms with Gasteiger partial charge in [-0.25, -0.2) is 0 Å². The number of halogens is 3. The van der Waals surface area contributed by atoms with Crippen molar-refractivity contribution in [2.24, 2.45) is 5.92 Å². The van der Waals surface area contributed by atoms with Crippen LogP contribution in [-0.4, -0.2) is 75.1 Å². The summed E-state index contributed by atoms with van der Waals surface area (Å²) in [6, 6.07) is 7.28. The van der Waals surface area contributed by atoms with Crippen LogP contribution in [0.1, 0.15) is 79.8 Å². The number of pyridine rings is 1. The lowest BCUT2D eigenvalue weighted by molar-refractivity contribution is -0.144. The maximum Gasteiger partial charge on any atom is 0.417 e. The van der Waals surface area contributed by atoms with Gasteiger partial charge in [-0.15, -0.1) is 0 Å². The molecule has 1 aromatic carbocycles. The predicted octanol–water partition coefficient (Wildman–Crippen LogP) is 4.88. The van der Waals surface area contributed by atoms with Crippen LogP contribution in [0.4, 0.5) is 13.2 Å². The number of amides is 2. The van der Waals surface area contributed by atoms with Crippen LogP contribution in [-0.2, 0) is 21.4 Å². The molecule has 2 saturated heterocycles. The third-order valence-electron chi connectivity index (χ3n) is 8.38. The van der Waals surface area contributed by atoms with Gasteiger partial charge in [-0.2, -0.15) is 13.2 Å². The summed E-state index contributed by atoms with van der Waals surface area (Å²) in [4.78, 5) is 45.0. The van der Waals surface area contributed by atoms with E-state index in [0.717, 1.165) is 18.5 Å². The van der Waals surface area contributed by atoms with E-state index in [4.69, 9.17) is 9.84 Å². The van der Waals surface area contributed by atoms with Crippen molar-refractivity contribution in [3.8, 4) is 5.75 Å². The van der Waals surface area contributed by atoms with Crippen molar-refractivity contribution in [3.05, 3.63) is 59.4 Å². The molecule has 0 spiro atoms. The van der Waals surface area contributed by atoms with Gasteiger partial charge in [0.1, 0.15) is 5.75 Å². The molecule has 43 heavy (non-hydrogen) atoms. The number of ether oxygens (including phenoxy) is 1. The van der Waals surface area contributed by atoms with Gasteiger partial charge in [-0.05, 0) is 50.7 Å². The average Bonchev–Trinajstić information content (AvgIpc) is 2.99. The minimum Gasteiger partial charge on any atom is -0.493 e.